The Kier molecular flexibility index (Phi) is 3.81. The number of fused-ring (bicyclic) bond motifs is 1. The summed E-state index contributed by atoms with van der Waals surface area (Å²) in [7, 11) is 0. The first-order valence-corrected chi connectivity index (χ1v) is 7.86. The molecule has 0 fully saturated rings. The van der Waals surface area contributed by atoms with Crippen LogP contribution in [-0.2, 0) is 28.9 Å². The fraction of sp³-hybridized carbons (Fsp3) is 0.421. The number of nitrogens with zero attached hydrogens (tertiary/aromatic N) is 1. The van der Waals surface area contributed by atoms with Crippen molar-refractivity contribution < 1.29 is 9.53 Å². The summed E-state index contributed by atoms with van der Waals surface area (Å²) >= 11 is 0. The lowest BCUT2D eigenvalue weighted by atomic mass is 9.90. The van der Waals surface area contributed by atoms with E-state index < -0.39 is 0 Å². The minimum atomic E-state index is -0.213. The number of benzene rings is 1. The van der Waals surface area contributed by atoms with Gasteiger partial charge in [-0.3, -0.25) is 4.79 Å². The molecule has 0 unspecified atom stereocenters. The van der Waals surface area contributed by atoms with E-state index in [1.165, 1.54) is 29.4 Å². The monoisotopic (exact) mass is 297 g/mol. The molecule has 1 aromatic heterocycles. The van der Waals surface area contributed by atoms with Gasteiger partial charge in [0.25, 0.3) is 0 Å². The lowest BCUT2D eigenvalue weighted by Crippen LogP contribution is -2.15. The maximum absolute atomic E-state index is 11.0. The normalized spacial score (nSPS) is 15.6. The maximum Gasteiger partial charge on any atom is 0.302 e. The first kappa shape index (κ1) is 14.9. The van der Waals surface area contributed by atoms with Gasteiger partial charge < -0.3 is 9.30 Å². The first-order chi connectivity index (χ1) is 10.5. The highest BCUT2D eigenvalue weighted by Crippen LogP contribution is 2.38. The average Bonchev–Trinajstić information content (AvgIpc) is 2.92. The van der Waals surface area contributed by atoms with Crippen LogP contribution < -0.4 is 0 Å². The SMILES string of the molecule is CC(=O)OCCc1c(-c2ccccc2)cc2n1CC(C)(C)C2. The quantitative estimate of drug-likeness (QED) is 0.803. The molecule has 0 saturated heterocycles. The van der Waals surface area contributed by atoms with Crippen molar-refractivity contribution in [2.45, 2.75) is 40.2 Å². The number of rotatable bonds is 4. The minimum Gasteiger partial charge on any atom is -0.465 e. The van der Waals surface area contributed by atoms with Gasteiger partial charge in [-0.15, -0.1) is 0 Å². The van der Waals surface area contributed by atoms with Crippen molar-refractivity contribution in [3.8, 4) is 11.1 Å². The van der Waals surface area contributed by atoms with E-state index in [4.69, 9.17) is 4.74 Å². The Balaban J connectivity index is 1.95. The predicted molar refractivity (Wildman–Crippen MR) is 87.7 cm³/mol. The van der Waals surface area contributed by atoms with Crippen molar-refractivity contribution in [2.24, 2.45) is 5.41 Å². The lowest BCUT2D eigenvalue weighted by molar-refractivity contribution is -0.140. The van der Waals surface area contributed by atoms with E-state index in [1.54, 1.807) is 0 Å². The van der Waals surface area contributed by atoms with Gasteiger partial charge in [-0.25, -0.2) is 0 Å². The fourth-order valence-corrected chi connectivity index (χ4v) is 3.39. The second-order valence-corrected chi connectivity index (χ2v) is 6.88. The van der Waals surface area contributed by atoms with Crippen molar-refractivity contribution in [3.63, 3.8) is 0 Å². The molecule has 0 aliphatic carbocycles. The molecule has 3 rings (SSSR count). The third-order valence-electron chi connectivity index (χ3n) is 4.27. The zero-order chi connectivity index (χ0) is 15.7. The number of carbonyl (C=O) groups is 1. The highest BCUT2D eigenvalue weighted by atomic mass is 16.5. The van der Waals surface area contributed by atoms with Crippen LogP contribution in [0.1, 0.15) is 32.2 Å². The Bertz CT molecular complexity index is 683. The van der Waals surface area contributed by atoms with Gasteiger partial charge in [-0.1, -0.05) is 44.2 Å². The molecule has 0 atom stereocenters. The van der Waals surface area contributed by atoms with Crippen molar-refractivity contribution >= 4 is 5.97 Å². The van der Waals surface area contributed by atoms with Gasteiger partial charge in [0.15, 0.2) is 0 Å². The molecule has 1 aliphatic rings. The highest BCUT2D eigenvalue weighted by Gasteiger charge is 2.31. The molecule has 0 spiro atoms. The highest BCUT2D eigenvalue weighted by molar-refractivity contribution is 5.68. The Hall–Kier alpha value is -2.03. The van der Waals surface area contributed by atoms with Crippen molar-refractivity contribution in [1.82, 2.24) is 4.57 Å². The van der Waals surface area contributed by atoms with Gasteiger partial charge in [0.2, 0.25) is 0 Å². The third-order valence-corrected chi connectivity index (χ3v) is 4.27. The summed E-state index contributed by atoms with van der Waals surface area (Å²) in [6.45, 7) is 7.55. The van der Waals surface area contributed by atoms with Gasteiger partial charge in [0.05, 0.1) is 6.61 Å². The van der Waals surface area contributed by atoms with E-state index in [1.807, 2.05) is 6.07 Å². The van der Waals surface area contributed by atoms with E-state index >= 15 is 0 Å². The van der Waals surface area contributed by atoms with Crippen LogP contribution in [0.25, 0.3) is 11.1 Å². The van der Waals surface area contributed by atoms with Crippen LogP contribution in [0.3, 0.4) is 0 Å². The number of ether oxygens (including phenoxy) is 1. The van der Waals surface area contributed by atoms with Gasteiger partial charge in [0, 0.05) is 36.8 Å². The molecule has 22 heavy (non-hydrogen) atoms. The maximum atomic E-state index is 11.0. The molecule has 3 heteroatoms. The number of esters is 1. The smallest absolute Gasteiger partial charge is 0.302 e. The molecule has 1 aliphatic heterocycles. The summed E-state index contributed by atoms with van der Waals surface area (Å²) in [4.78, 5) is 11.0. The minimum absolute atomic E-state index is 0.213. The van der Waals surface area contributed by atoms with Crippen LogP contribution in [0.4, 0.5) is 0 Å². The molecular formula is C19H23NO2. The summed E-state index contributed by atoms with van der Waals surface area (Å²) in [5.74, 6) is -0.213. The van der Waals surface area contributed by atoms with E-state index in [2.05, 4.69) is 48.7 Å². The Labute approximate surface area is 131 Å². The second-order valence-electron chi connectivity index (χ2n) is 6.88. The number of carbonyl (C=O) groups excluding carboxylic acids is 1. The molecule has 3 nitrogen and oxygen atoms in total. The van der Waals surface area contributed by atoms with Crippen LogP contribution >= 0.6 is 0 Å². The zero-order valence-corrected chi connectivity index (χ0v) is 13.6. The van der Waals surface area contributed by atoms with Crippen molar-refractivity contribution in [1.29, 1.82) is 0 Å². The van der Waals surface area contributed by atoms with Crippen molar-refractivity contribution in [2.75, 3.05) is 6.61 Å². The summed E-state index contributed by atoms with van der Waals surface area (Å²) in [6, 6.07) is 12.8. The summed E-state index contributed by atoms with van der Waals surface area (Å²) in [5, 5.41) is 0. The van der Waals surface area contributed by atoms with Crippen LogP contribution in [0.15, 0.2) is 36.4 Å². The Morgan fingerprint density at radius 2 is 2.00 bits per heavy atom. The average molecular weight is 297 g/mol. The number of hydrogen-bond acceptors (Lipinski definition) is 2. The van der Waals surface area contributed by atoms with Crippen LogP contribution in [0.2, 0.25) is 0 Å². The molecule has 0 N–H and O–H groups in total. The van der Waals surface area contributed by atoms with Crippen LogP contribution in [0, 0.1) is 5.41 Å². The van der Waals surface area contributed by atoms with E-state index in [-0.39, 0.29) is 5.97 Å². The molecule has 0 radical (unpaired) electrons. The van der Waals surface area contributed by atoms with Gasteiger partial charge >= 0.3 is 5.97 Å². The van der Waals surface area contributed by atoms with Crippen molar-refractivity contribution in [3.05, 3.63) is 47.8 Å². The first-order valence-electron chi connectivity index (χ1n) is 7.86. The zero-order valence-electron chi connectivity index (χ0n) is 13.6. The summed E-state index contributed by atoms with van der Waals surface area (Å²) in [5.41, 5.74) is 5.49. The van der Waals surface area contributed by atoms with E-state index in [0.717, 1.165) is 19.4 Å². The van der Waals surface area contributed by atoms with Gasteiger partial charge in [0.1, 0.15) is 0 Å². The van der Waals surface area contributed by atoms with Crippen LogP contribution in [-0.4, -0.2) is 17.1 Å². The van der Waals surface area contributed by atoms with Crippen LogP contribution in [0.5, 0.6) is 0 Å². The molecule has 0 amide bonds. The van der Waals surface area contributed by atoms with Gasteiger partial charge in [-0.2, -0.15) is 0 Å². The largest absolute Gasteiger partial charge is 0.465 e. The lowest BCUT2D eigenvalue weighted by Gasteiger charge is -2.18. The summed E-state index contributed by atoms with van der Waals surface area (Å²) < 4.78 is 7.59. The Morgan fingerprint density at radius 3 is 2.68 bits per heavy atom. The molecule has 0 bridgehead atoms. The second kappa shape index (κ2) is 5.64. The summed E-state index contributed by atoms with van der Waals surface area (Å²) in [6.07, 6.45) is 1.86. The third kappa shape index (κ3) is 2.94. The Morgan fingerprint density at radius 1 is 1.27 bits per heavy atom. The molecule has 2 heterocycles. The molecular weight excluding hydrogens is 274 g/mol. The van der Waals surface area contributed by atoms with Gasteiger partial charge in [-0.05, 0) is 23.5 Å². The molecule has 1 aromatic carbocycles. The topological polar surface area (TPSA) is 31.2 Å². The number of aromatic nitrogens is 1. The molecule has 116 valence electrons. The fourth-order valence-electron chi connectivity index (χ4n) is 3.39. The molecule has 2 aromatic rings. The standard InChI is InChI=1S/C19H23NO2/c1-14(21)22-10-9-18-17(15-7-5-4-6-8-15)11-16-12-19(2,3)13-20(16)18/h4-8,11H,9-10,12-13H2,1-3H3. The molecule has 0 saturated carbocycles. The van der Waals surface area contributed by atoms with E-state index in [9.17, 15) is 4.79 Å². The number of hydrogen-bond donors (Lipinski definition) is 0. The predicted octanol–water partition coefficient (Wildman–Crippen LogP) is 3.84. The van der Waals surface area contributed by atoms with E-state index in [0.29, 0.717) is 12.0 Å².